The van der Waals surface area contributed by atoms with Crippen molar-refractivity contribution in [2.75, 3.05) is 0 Å². The largest absolute Gasteiger partial charge is 0.455 e. The molecule has 0 atom stereocenters. The number of para-hydroxylation sites is 1. The first-order chi connectivity index (χ1) is 26.7. The highest BCUT2D eigenvalue weighted by atomic mass is 32.1. The van der Waals surface area contributed by atoms with Gasteiger partial charge in [-0.05, 0) is 59.9 Å². The fourth-order valence-corrected chi connectivity index (χ4v) is 8.99. The quantitative estimate of drug-likeness (QED) is 0.178. The van der Waals surface area contributed by atoms with Gasteiger partial charge < -0.3 is 4.42 Å². The number of thiophene rings is 1. The van der Waals surface area contributed by atoms with Gasteiger partial charge in [-0.15, -0.1) is 11.3 Å². The minimum atomic E-state index is 0.624. The van der Waals surface area contributed by atoms with Gasteiger partial charge in [0.05, 0.1) is 5.52 Å². The Morgan fingerprint density at radius 1 is 0.519 bits per heavy atom. The Labute approximate surface area is 314 Å². The number of benzene rings is 6. The number of pyridine rings is 1. The highest BCUT2D eigenvalue weighted by Gasteiger charge is 2.20. The third-order valence-corrected chi connectivity index (χ3v) is 11.6. The maximum Gasteiger partial charge on any atom is 0.164 e. The number of allylic oxidation sites excluding steroid dienone is 4. The van der Waals surface area contributed by atoms with E-state index in [0.29, 0.717) is 17.5 Å². The number of furan rings is 1. The average Bonchev–Trinajstić information content (AvgIpc) is 3.82. The van der Waals surface area contributed by atoms with Gasteiger partial charge in [0.1, 0.15) is 11.2 Å². The smallest absolute Gasteiger partial charge is 0.164 e. The topological polar surface area (TPSA) is 64.7 Å². The molecule has 6 heteroatoms. The maximum atomic E-state index is 6.71. The zero-order chi connectivity index (χ0) is 35.6. The molecule has 1 aliphatic rings. The van der Waals surface area contributed by atoms with E-state index < -0.39 is 0 Å². The summed E-state index contributed by atoms with van der Waals surface area (Å²) in [4.78, 5) is 20.0. The number of hydrogen-bond acceptors (Lipinski definition) is 6. The second kappa shape index (κ2) is 12.4. The summed E-state index contributed by atoms with van der Waals surface area (Å²) in [7, 11) is 0. The van der Waals surface area contributed by atoms with Crippen molar-refractivity contribution in [3.8, 4) is 45.0 Å². The van der Waals surface area contributed by atoms with E-state index in [0.717, 1.165) is 84.6 Å². The molecule has 0 amide bonds. The summed E-state index contributed by atoms with van der Waals surface area (Å²) in [5, 5.41) is 5.67. The van der Waals surface area contributed by atoms with E-state index in [2.05, 4.69) is 138 Å². The fourth-order valence-electron chi connectivity index (χ4n) is 7.84. The molecular formula is C48H30N4OS. The van der Waals surface area contributed by atoms with Gasteiger partial charge in [-0.3, -0.25) is 4.98 Å². The van der Waals surface area contributed by atoms with Crippen LogP contribution in [0.2, 0.25) is 0 Å². The molecular weight excluding hydrogens is 681 g/mol. The van der Waals surface area contributed by atoms with Crippen LogP contribution >= 0.6 is 11.3 Å². The molecule has 0 radical (unpaired) electrons. The van der Waals surface area contributed by atoms with Crippen LogP contribution in [-0.2, 0) is 0 Å². The lowest BCUT2D eigenvalue weighted by Crippen LogP contribution is -2.03. The van der Waals surface area contributed by atoms with Crippen molar-refractivity contribution >= 4 is 69.9 Å². The molecule has 1 aliphatic carbocycles. The summed E-state index contributed by atoms with van der Waals surface area (Å²) in [6, 6.07) is 46.8. The second-order valence-corrected chi connectivity index (χ2v) is 14.8. The van der Waals surface area contributed by atoms with Crippen molar-refractivity contribution in [3.63, 3.8) is 0 Å². The molecule has 0 bridgehead atoms. The fraction of sp³-hybridized carbons (Fsp3) is 0.0417. The lowest BCUT2D eigenvalue weighted by molar-refractivity contribution is 0.670. The van der Waals surface area contributed by atoms with Gasteiger partial charge in [0, 0.05) is 64.8 Å². The second-order valence-electron chi connectivity index (χ2n) is 13.7. The summed E-state index contributed by atoms with van der Waals surface area (Å²) >= 11 is 1.80. The first kappa shape index (κ1) is 30.8. The molecule has 4 aromatic heterocycles. The molecule has 0 N–H and O–H groups in total. The van der Waals surface area contributed by atoms with E-state index >= 15 is 0 Å². The summed E-state index contributed by atoms with van der Waals surface area (Å²) < 4.78 is 9.20. The van der Waals surface area contributed by atoms with Crippen LogP contribution in [0.15, 0.2) is 162 Å². The standard InChI is InChI=1S/C48H30N4OS/c1-2-10-31(11-3-1)46-50-47(32-25-26-37-36-12-4-5-20-42(36)54-43(37)28-32)52-48(51-46)39-16-8-19-41-44(39)38-15-6-14-34(45(38)53-41)30-23-21-29(22-24-30)33-13-7-18-40-35(33)17-9-27-49-40/h2,4-28H,1,3H2. The molecule has 11 rings (SSSR count). The molecule has 0 saturated heterocycles. The zero-order valence-electron chi connectivity index (χ0n) is 29.0. The predicted octanol–water partition coefficient (Wildman–Crippen LogP) is 13.1. The van der Waals surface area contributed by atoms with Crippen LogP contribution in [0.3, 0.4) is 0 Å². The van der Waals surface area contributed by atoms with E-state index in [1.807, 2.05) is 24.4 Å². The van der Waals surface area contributed by atoms with Gasteiger partial charge in [0.15, 0.2) is 17.5 Å². The van der Waals surface area contributed by atoms with Crippen LogP contribution in [0.25, 0.3) is 104 Å². The minimum Gasteiger partial charge on any atom is -0.455 e. The highest BCUT2D eigenvalue weighted by Crippen LogP contribution is 2.41. The molecule has 0 aliphatic heterocycles. The van der Waals surface area contributed by atoms with Crippen LogP contribution in [0, 0.1) is 0 Å². The molecule has 0 fully saturated rings. The van der Waals surface area contributed by atoms with Crippen molar-refractivity contribution in [2.45, 2.75) is 12.8 Å². The number of aromatic nitrogens is 4. The third-order valence-electron chi connectivity index (χ3n) is 10.4. The Bertz CT molecular complexity index is 3160. The maximum absolute atomic E-state index is 6.71. The van der Waals surface area contributed by atoms with Gasteiger partial charge >= 0.3 is 0 Å². The van der Waals surface area contributed by atoms with E-state index in [1.165, 1.54) is 20.2 Å². The van der Waals surface area contributed by atoms with Crippen molar-refractivity contribution in [2.24, 2.45) is 0 Å². The Morgan fingerprint density at radius 3 is 2.15 bits per heavy atom. The number of rotatable bonds is 5. The number of fused-ring (bicyclic) bond motifs is 7. The van der Waals surface area contributed by atoms with E-state index in [4.69, 9.17) is 19.4 Å². The van der Waals surface area contributed by atoms with Crippen LogP contribution in [0.4, 0.5) is 0 Å². The Balaban J connectivity index is 1.05. The molecule has 0 spiro atoms. The SMILES string of the molecule is C1=CC(c2nc(-c3ccc4c(c3)sc3ccccc34)nc(-c3cccc4oc5c(-c6ccc(-c7cccc8ncccc78)cc6)cccc5c34)n2)=CCC1. The van der Waals surface area contributed by atoms with Crippen molar-refractivity contribution in [1.82, 2.24) is 19.9 Å². The Hall–Kier alpha value is -6.76. The Morgan fingerprint density at radius 2 is 1.24 bits per heavy atom. The normalized spacial score (nSPS) is 13.1. The minimum absolute atomic E-state index is 0.624. The number of nitrogens with zero attached hydrogens (tertiary/aromatic N) is 4. The molecule has 0 saturated carbocycles. The first-order valence-electron chi connectivity index (χ1n) is 18.2. The van der Waals surface area contributed by atoms with Gasteiger partial charge in [-0.2, -0.15) is 0 Å². The van der Waals surface area contributed by atoms with Crippen LogP contribution in [0.1, 0.15) is 18.7 Å². The zero-order valence-corrected chi connectivity index (χ0v) is 29.8. The summed E-state index contributed by atoms with van der Waals surface area (Å²) in [6.45, 7) is 0. The summed E-state index contributed by atoms with van der Waals surface area (Å²) in [5.74, 6) is 1.95. The van der Waals surface area contributed by atoms with Crippen molar-refractivity contribution in [3.05, 3.63) is 164 Å². The molecule has 4 heterocycles. The van der Waals surface area contributed by atoms with E-state index in [9.17, 15) is 0 Å². The van der Waals surface area contributed by atoms with Crippen LogP contribution in [-0.4, -0.2) is 19.9 Å². The van der Waals surface area contributed by atoms with Crippen molar-refractivity contribution < 1.29 is 4.42 Å². The lowest BCUT2D eigenvalue weighted by Gasteiger charge is -2.11. The molecule has 0 unspecified atom stereocenters. The molecule has 10 aromatic rings. The van der Waals surface area contributed by atoms with E-state index in [1.54, 1.807) is 11.3 Å². The van der Waals surface area contributed by atoms with Gasteiger partial charge in [0.2, 0.25) is 0 Å². The van der Waals surface area contributed by atoms with Gasteiger partial charge in [-0.25, -0.2) is 15.0 Å². The molecule has 254 valence electrons. The van der Waals surface area contributed by atoms with Gasteiger partial charge in [-0.1, -0.05) is 121 Å². The predicted molar refractivity (Wildman–Crippen MR) is 223 cm³/mol. The van der Waals surface area contributed by atoms with Crippen LogP contribution in [0.5, 0.6) is 0 Å². The van der Waals surface area contributed by atoms with Gasteiger partial charge in [0.25, 0.3) is 0 Å². The van der Waals surface area contributed by atoms with E-state index in [-0.39, 0.29) is 0 Å². The third kappa shape index (κ3) is 5.06. The monoisotopic (exact) mass is 710 g/mol. The lowest BCUT2D eigenvalue weighted by atomic mass is 9.96. The van der Waals surface area contributed by atoms with Crippen molar-refractivity contribution in [1.29, 1.82) is 0 Å². The summed E-state index contributed by atoms with van der Waals surface area (Å²) in [6.07, 6.45) is 10.4. The first-order valence-corrected chi connectivity index (χ1v) is 19.0. The molecule has 6 aromatic carbocycles. The average molecular weight is 711 g/mol. The summed E-state index contributed by atoms with van der Waals surface area (Å²) in [5.41, 5.74) is 9.95. The Kier molecular flexibility index (Phi) is 7.10. The number of hydrogen-bond donors (Lipinski definition) is 0. The molecule has 5 nitrogen and oxygen atoms in total. The van der Waals surface area contributed by atoms with Crippen LogP contribution < -0.4 is 0 Å². The molecule has 54 heavy (non-hydrogen) atoms. The highest BCUT2D eigenvalue weighted by molar-refractivity contribution is 7.25.